The number of fused-ring (bicyclic) bond motifs is 2. The highest BCUT2D eigenvalue weighted by Gasteiger charge is 2.21. The van der Waals surface area contributed by atoms with E-state index in [1.165, 1.54) is 22.1 Å². The predicted molar refractivity (Wildman–Crippen MR) is 80.5 cm³/mol. The van der Waals surface area contributed by atoms with Gasteiger partial charge in [-0.15, -0.1) is 0 Å². The molecule has 0 atom stereocenters. The maximum atomic E-state index is 2.34. The minimum absolute atomic E-state index is 0. The number of hydrogen-bond acceptors (Lipinski definition) is 0. The van der Waals surface area contributed by atoms with Crippen LogP contribution < -0.4 is 43.1 Å². The van der Waals surface area contributed by atoms with E-state index in [1.807, 2.05) is 0 Å². The summed E-state index contributed by atoms with van der Waals surface area (Å²) >= 11 is 0. The lowest BCUT2D eigenvalue weighted by molar-refractivity contribution is -0.672. The zero-order valence-electron chi connectivity index (χ0n) is 13.7. The van der Waals surface area contributed by atoms with Gasteiger partial charge in [0.1, 0.15) is 0 Å². The molecule has 0 unspecified atom stereocenters. The average molecular weight is 432 g/mol. The maximum Gasteiger partial charge on any atom is 0.244 e. The molecule has 0 saturated heterocycles. The van der Waals surface area contributed by atoms with Gasteiger partial charge in [-0.25, -0.2) is 18.3 Å². The first-order chi connectivity index (χ1) is 9.73. The van der Waals surface area contributed by atoms with Crippen LogP contribution in [0.3, 0.4) is 0 Å². The Morgan fingerprint density at radius 2 is 1.14 bits per heavy atom. The van der Waals surface area contributed by atoms with Crippen molar-refractivity contribution in [3.63, 3.8) is 0 Å². The quantitative estimate of drug-likeness (QED) is 0.378. The lowest BCUT2D eigenvalue weighted by atomic mass is 10.2. The number of halogens is 2. The second-order valence-corrected chi connectivity index (χ2v) is 5.20. The van der Waals surface area contributed by atoms with E-state index in [0.29, 0.717) is 0 Å². The molecule has 0 N–H and O–H groups in total. The van der Waals surface area contributed by atoms with Crippen molar-refractivity contribution in [2.75, 3.05) is 0 Å². The van der Waals surface area contributed by atoms with E-state index in [2.05, 4.69) is 70.8 Å². The normalized spacial score (nSPS) is 10.7. The molecule has 0 fully saturated rings. The molecule has 3 aromatic rings. The number of nitrogens with zero attached hydrogens (tertiary/aromatic N) is 4. The molecule has 4 nitrogen and oxygen atoms in total. The van der Waals surface area contributed by atoms with Gasteiger partial charge in [-0.3, -0.25) is 0 Å². The maximum absolute atomic E-state index is 2.34. The van der Waals surface area contributed by atoms with E-state index in [9.17, 15) is 0 Å². The summed E-state index contributed by atoms with van der Waals surface area (Å²) in [7, 11) is 0. The summed E-state index contributed by atoms with van der Waals surface area (Å²) in [6.45, 7) is 12.9. The van der Waals surface area contributed by atoms with Gasteiger partial charge in [0, 0.05) is 12.1 Å². The summed E-state index contributed by atoms with van der Waals surface area (Å²) < 4.78 is 9.34. The molecule has 0 radical (unpaired) electrons. The highest BCUT2D eigenvalue weighted by atomic mass is 79.9. The molecule has 0 aliphatic carbocycles. The monoisotopic (exact) mass is 430 g/mol. The van der Waals surface area contributed by atoms with Gasteiger partial charge in [0.25, 0.3) is 0 Å². The van der Waals surface area contributed by atoms with Crippen LogP contribution in [0.4, 0.5) is 0 Å². The molecular formula is C16H24Br2N4. The van der Waals surface area contributed by atoms with E-state index in [1.54, 1.807) is 0 Å². The van der Waals surface area contributed by atoms with Crippen LogP contribution in [0.15, 0.2) is 24.8 Å². The molecule has 122 valence electrons. The molecule has 6 heteroatoms. The first kappa shape index (κ1) is 19.2. The van der Waals surface area contributed by atoms with Crippen LogP contribution in [0.2, 0.25) is 0 Å². The summed E-state index contributed by atoms with van der Waals surface area (Å²) in [5.41, 5.74) is 5.33. The van der Waals surface area contributed by atoms with Crippen LogP contribution in [0.1, 0.15) is 27.7 Å². The SMILES string of the molecule is CCn1c[n+](CC)c2cc3c(cc21)n(CC)c[n+]3CC.[Br-].[Br-]. The fraction of sp³-hybridized carbons (Fsp3) is 0.500. The van der Waals surface area contributed by atoms with Gasteiger partial charge in [-0.2, -0.15) is 0 Å². The summed E-state index contributed by atoms with van der Waals surface area (Å²) in [4.78, 5) is 0. The van der Waals surface area contributed by atoms with Gasteiger partial charge in [0.2, 0.25) is 12.7 Å². The van der Waals surface area contributed by atoms with Crippen molar-refractivity contribution in [3.8, 4) is 0 Å². The third kappa shape index (κ3) is 2.83. The molecule has 0 saturated carbocycles. The Morgan fingerprint density at radius 1 is 0.727 bits per heavy atom. The van der Waals surface area contributed by atoms with Crippen molar-refractivity contribution >= 4 is 22.1 Å². The molecular weight excluding hydrogens is 408 g/mol. The molecule has 0 bridgehead atoms. The zero-order chi connectivity index (χ0) is 14.3. The first-order valence-electron chi connectivity index (χ1n) is 7.68. The van der Waals surface area contributed by atoms with Crippen LogP contribution in [0, 0.1) is 0 Å². The molecule has 22 heavy (non-hydrogen) atoms. The topological polar surface area (TPSA) is 17.6 Å². The Morgan fingerprint density at radius 3 is 1.45 bits per heavy atom. The van der Waals surface area contributed by atoms with E-state index in [-0.39, 0.29) is 34.0 Å². The summed E-state index contributed by atoms with van der Waals surface area (Å²) in [6, 6.07) is 4.69. The van der Waals surface area contributed by atoms with E-state index in [0.717, 1.165) is 26.2 Å². The van der Waals surface area contributed by atoms with Crippen LogP contribution in [0.5, 0.6) is 0 Å². The van der Waals surface area contributed by atoms with Crippen molar-refractivity contribution in [2.45, 2.75) is 53.9 Å². The molecule has 1 aromatic carbocycles. The van der Waals surface area contributed by atoms with Crippen LogP contribution in [-0.2, 0) is 26.2 Å². The van der Waals surface area contributed by atoms with Gasteiger partial charge >= 0.3 is 0 Å². The lowest BCUT2D eigenvalue weighted by Gasteiger charge is -1.94. The minimum Gasteiger partial charge on any atom is -1.00 e. The number of imidazole rings is 2. The van der Waals surface area contributed by atoms with Crippen LogP contribution >= 0.6 is 0 Å². The number of aryl methyl sites for hydroxylation is 4. The highest BCUT2D eigenvalue weighted by molar-refractivity contribution is 5.88. The highest BCUT2D eigenvalue weighted by Crippen LogP contribution is 2.20. The fourth-order valence-corrected chi connectivity index (χ4v) is 3.07. The van der Waals surface area contributed by atoms with E-state index in [4.69, 9.17) is 0 Å². The second-order valence-electron chi connectivity index (χ2n) is 5.20. The summed E-state index contributed by atoms with van der Waals surface area (Å²) in [5, 5.41) is 0. The molecule has 3 rings (SSSR count). The molecule has 0 spiro atoms. The standard InChI is InChI=1S/C16H24N4.2BrH/c1-5-17-11-18(6-2)14-10-16-15(9-13(14)17)19(7-3)12-20(16)8-4;;/h9-12H,5-8H2,1-4H3;2*1H/q+2;;/p-2. The molecule has 2 aromatic heterocycles. The fourth-order valence-electron chi connectivity index (χ4n) is 3.07. The Bertz CT molecular complexity index is 651. The second kappa shape index (κ2) is 7.59. The van der Waals surface area contributed by atoms with Crippen molar-refractivity contribution in [2.24, 2.45) is 0 Å². The number of rotatable bonds is 4. The largest absolute Gasteiger partial charge is 1.00 e. The van der Waals surface area contributed by atoms with Crippen LogP contribution in [-0.4, -0.2) is 9.13 Å². The Hall–Kier alpha value is -0.880. The number of benzene rings is 1. The molecule has 2 heterocycles. The zero-order valence-corrected chi connectivity index (χ0v) is 16.9. The summed E-state index contributed by atoms with van der Waals surface area (Å²) in [6.07, 6.45) is 4.46. The van der Waals surface area contributed by atoms with Gasteiger partial charge in [0.15, 0.2) is 22.1 Å². The Labute approximate surface area is 152 Å². The summed E-state index contributed by atoms with van der Waals surface area (Å²) in [5.74, 6) is 0. The predicted octanol–water partition coefficient (Wildman–Crippen LogP) is -3.74. The molecule has 0 aliphatic rings. The first-order valence-corrected chi connectivity index (χ1v) is 7.68. The van der Waals surface area contributed by atoms with Gasteiger partial charge in [-0.05, 0) is 27.7 Å². The Balaban J connectivity index is 0.00000121. The third-order valence-corrected chi connectivity index (χ3v) is 4.23. The Kier molecular flexibility index (Phi) is 6.62. The smallest absolute Gasteiger partial charge is 0.244 e. The van der Waals surface area contributed by atoms with E-state index < -0.39 is 0 Å². The van der Waals surface area contributed by atoms with Crippen molar-refractivity contribution in [1.82, 2.24) is 9.13 Å². The molecule has 0 aliphatic heterocycles. The van der Waals surface area contributed by atoms with E-state index >= 15 is 0 Å². The van der Waals surface area contributed by atoms with Crippen molar-refractivity contribution < 1.29 is 43.1 Å². The third-order valence-electron chi connectivity index (χ3n) is 4.23. The average Bonchev–Trinajstić information content (AvgIpc) is 3.02. The lowest BCUT2D eigenvalue weighted by Crippen LogP contribution is -3.00. The van der Waals surface area contributed by atoms with Gasteiger partial charge in [-0.1, -0.05) is 0 Å². The van der Waals surface area contributed by atoms with Crippen molar-refractivity contribution in [3.05, 3.63) is 24.8 Å². The molecule has 0 amide bonds. The van der Waals surface area contributed by atoms with Gasteiger partial charge < -0.3 is 34.0 Å². The number of aromatic nitrogens is 4. The van der Waals surface area contributed by atoms with Crippen molar-refractivity contribution in [1.29, 1.82) is 0 Å². The minimum atomic E-state index is 0. The number of hydrogen-bond donors (Lipinski definition) is 0. The van der Waals surface area contributed by atoms with Gasteiger partial charge in [0.05, 0.1) is 26.2 Å². The van der Waals surface area contributed by atoms with Crippen LogP contribution in [0.25, 0.3) is 22.1 Å².